The molecule has 0 aromatic heterocycles. The van der Waals surface area contributed by atoms with E-state index in [0.717, 1.165) is 6.42 Å². The van der Waals surface area contributed by atoms with E-state index in [-0.39, 0.29) is 10.9 Å². The number of benzene rings is 1. The van der Waals surface area contributed by atoms with E-state index in [1.165, 1.54) is 18.9 Å². The van der Waals surface area contributed by atoms with Gasteiger partial charge in [-0.1, -0.05) is 18.9 Å². The van der Waals surface area contributed by atoms with Gasteiger partial charge in [-0.05, 0) is 43.9 Å². The van der Waals surface area contributed by atoms with Gasteiger partial charge in [0.05, 0.1) is 16.5 Å². The van der Waals surface area contributed by atoms with Crippen LogP contribution in [-0.4, -0.2) is 14.5 Å². The van der Waals surface area contributed by atoms with Gasteiger partial charge in [-0.15, -0.1) is 0 Å². The minimum absolute atomic E-state index is 0.0670. The molecule has 0 aliphatic heterocycles. The Morgan fingerprint density at radius 3 is 2.74 bits per heavy atom. The quantitative estimate of drug-likeness (QED) is 0.898. The van der Waals surface area contributed by atoms with Crippen LogP contribution in [0, 0.1) is 24.2 Å². The first-order valence-corrected chi connectivity index (χ1v) is 7.94. The Balaban J connectivity index is 2.20. The molecule has 0 spiro atoms. The minimum atomic E-state index is -3.54. The van der Waals surface area contributed by atoms with Crippen molar-refractivity contribution in [3.05, 3.63) is 29.3 Å². The van der Waals surface area contributed by atoms with Crippen molar-refractivity contribution < 1.29 is 8.42 Å². The maximum absolute atomic E-state index is 12.3. The number of hydrogen-bond acceptors (Lipinski definition) is 3. The zero-order valence-electron chi connectivity index (χ0n) is 11.2. The Kier molecular flexibility index (Phi) is 3.93. The molecule has 1 fully saturated rings. The van der Waals surface area contributed by atoms with E-state index < -0.39 is 10.0 Å². The summed E-state index contributed by atoms with van der Waals surface area (Å²) in [4.78, 5) is 0.203. The van der Waals surface area contributed by atoms with Crippen molar-refractivity contribution in [1.29, 1.82) is 5.26 Å². The highest BCUT2D eigenvalue weighted by Gasteiger charge is 2.26. The summed E-state index contributed by atoms with van der Waals surface area (Å²) < 4.78 is 27.3. The van der Waals surface area contributed by atoms with Gasteiger partial charge in [0.2, 0.25) is 10.0 Å². The third-order valence-electron chi connectivity index (χ3n) is 3.35. The smallest absolute Gasteiger partial charge is 0.208 e. The van der Waals surface area contributed by atoms with Crippen molar-refractivity contribution in [2.45, 2.75) is 44.0 Å². The van der Waals surface area contributed by atoms with Crippen LogP contribution in [0.5, 0.6) is 0 Å². The van der Waals surface area contributed by atoms with Gasteiger partial charge in [-0.3, -0.25) is 0 Å². The minimum Gasteiger partial charge on any atom is -0.208 e. The molecule has 0 bridgehead atoms. The lowest BCUT2D eigenvalue weighted by Gasteiger charge is -2.15. The summed E-state index contributed by atoms with van der Waals surface area (Å²) in [5.74, 6) is 0.671. The first-order valence-electron chi connectivity index (χ1n) is 6.45. The first-order chi connectivity index (χ1) is 8.92. The third kappa shape index (κ3) is 3.55. The van der Waals surface area contributed by atoms with Crippen LogP contribution in [-0.2, 0) is 10.0 Å². The van der Waals surface area contributed by atoms with Gasteiger partial charge in [0.1, 0.15) is 0 Å². The van der Waals surface area contributed by atoms with Gasteiger partial charge in [-0.2, -0.15) is 5.26 Å². The van der Waals surface area contributed by atoms with Crippen LogP contribution in [0.1, 0.15) is 37.3 Å². The van der Waals surface area contributed by atoms with Gasteiger partial charge < -0.3 is 0 Å². The lowest BCUT2D eigenvalue weighted by Crippen LogP contribution is -2.33. The average molecular weight is 278 g/mol. The molecule has 1 saturated carbocycles. The van der Waals surface area contributed by atoms with Crippen LogP contribution in [0.3, 0.4) is 0 Å². The number of sulfonamides is 1. The van der Waals surface area contributed by atoms with Crippen molar-refractivity contribution in [2.75, 3.05) is 0 Å². The van der Waals surface area contributed by atoms with E-state index in [4.69, 9.17) is 5.26 Å². The molecule has 1 N–H and O–H groups in total. The Bertz CT molecular complexity index is 613. The summed E-state index contributed by atoms with van der Waals surface area (Å²) in [7, 11) is -3.54. The van der Waals surface area contributed by atoms with E-state index in [9.17, 15) is 8.42 Å². The second kappa shape index (κ2) is 5.32. The van der Waals surface area contributed by atoms with Crippen LogP contribution >= 0.6 is 0 Å². The number of aryl methyl sites for hydroxylation is 1. The van der Waals surface area contributed by atoms with Crippen LogP contribution in [0.15, 0.2) is 23.1 Å². The molecule has 4 nitrogen and oxygen atoms in total. The summed E-state index contributed by atoms with van der Waals surface area (Å²) in [5, 5.41) is 8.86. The second-order valence-electron chi connectivity index (χ2n) is 5.29. The topological polar surface area (TPSA) is 70.0 Å². The summed E-state index contributed by atoms with van der Waals surface area (Å²) in [6, 6.07) is 6.63. The van der Waals surface area contributed by atoms with Crippen molar-refractivity contribution in [2.24, 2.45) is 5.92 Å². The molecule has 0 saturated heterocycles. The van der Waals surface area contributed by atoms with E-state index in [1.54, 1.807) is 19.1 Å². The Hall–Kier alpha value is -1.38. The van der Waals surface area contributed by atoms with Gasteiger partial charge in [0.25, 0.3) is 0 Å². The summed E-state index contributed by atoms with van der Waals surface area (Å²) in [5.41, 5.74) is 1.02. The molecule has 0 amide bonds. The molecular formula is C14H18N2O2S. The lowest BCUT2D eigenvalue weighted by atomic mass is 10.2. The Morgan fingerprint density at radius 1 is 1.47 bits per heavy atom. The van der Waals surface area contributed by atoms with Gasteiger partial charge in [0.15, 0.2) is 0 Å². The average Bonchev–Trinajstić information content (AvgIpc) is 3.12. The van der Waals surface area contributed by atoms with Crippen molar-refractivity contribution >= 4 is 10.0 Å². The Morgan fingerprint density at radius 2 is 2.16 bits per heavy atom. The molecule has 2 rings (SSSR count). The number of nitriles is 1. The predicted molar refractivity (Wildman–Crippen MR) is 73.0 cm³/mol. The molecule has 5 heteroatoms. The highest BCUT2D eigenvalue weighted by atomic mass is 32.2. The summed E-state index contributed by atoms with van der Waals surface area (Å²) in [6.07, 6.45) is 3.29. The van der Waals surface area contributed by atoms with E-state index in [2.05, 4.69) is 4.72 Å². The SMILES string of the molecule is Cc1ccc(C#N)cc1S(=O)(=O)NC(C)CC1CC1. The molecule has 1 aliphatic carbocycles. The van der Waals surface area contributed by atoms with E-state index in [1.807, 2.05) is 13.0 Å². The van der Waals surface area contributed by atoms with Crippen LogP contribution in [0.2, 0.25) is 0 Å². The molecule has 1 unspecified atom stereocenters. The molecule has 0 radical (unpaired) electrons. The fourth-order valence-corrected chi connectivity index (χ4v) is 3.72. The van der Waals surface area contributed by atoms with Gasteiger partial charge in [0, 0.05) is 6.04 Å². The zero-order chi connectivity index (χ0) is 14.0. The molecule has 19 heavy (non-hydrogen) atoms. The molecule has 1 atom stereocenters. The van der Waals surface area contributed by atoms with Crippen molar-refractivity contribution in [3.8, 4) is 6.07 Å². The Labute approximate surface area is 114 Å². The predicted octanol–water partition coefficient (Wildman–Crippen LogP) is 2.33. The monoisotopic (exact) mass is 278 g/mol. The fraction of sp³-hybridized carbons (Fsp3) is 0.500. The van der Waals surface area contributed by atoms with Gasteiger partial charge in [-0.25, -0.2) is 13.1 Å². The molecule has 1 aliphatic rings. The van der Waals surface area contributed by atoms with E-state index >= 15 is 0 Å². The zero-order valence-corrected chi connectivity index (χ0v) is 12.0. The largest absolute Gasteiger partial charge is 0.241 e. The number of hydrogen-bond donors (Lipinski definition) is 1. The molecule has 1 aromatic rings. The maximum Gasteiger partial charge on any atom is 0.241 e. The molecule has 102 valence electrons. The lowest BCUT2D eigenvalue weighted by molar-refractivity contribution is 0.529. The normalized spacial score (nSPS) is 16.9. The second-order valence-corrected chi connectivity index (χ2v) is 6.98. The summed E-state index contributed by atoms with van der Waals surface area (Å²) >= 11 is 0. The highest BCUT2D eigenvalue weighted by molar-refractivity contribution is 7.89. The van der Waals surface area contributed by atoms with Crippen molar-refractivity contribution in [3.63, 3.8) is 0 Å². The fourth-order valence-electron chi connectivity index (χ4n) is 2.19. The third-order valence-corrected chi connectivity index (χ3v) is 5.08. The maximum atomic E-state index is 12.3. The number of nitrogens with one attached hydrogen (secondary N) is 1. The standard InChI is InChI=1S/C14H18N2O2S/c1-10-3-4-13(9-15)8-14(10)19(17,18)16-11(2)7-12-5-6-12/h3-4,8,11-12,16H,5-7H2,1-2H3. The van der Waals surface area contributed by atoms with Gasteiger partial charge >= 0.3 is 0 Å². The van der Waals surface area contributed by atoms with Crippen molar-refractivity contribution in [1.82, 2.24) is 4.72 Å². The van der Waals surface area contributed by atoms with Crippen LogP contribution < -0.4 is 4.72 Å². The van der Waals surface area contributed by atoms with Crippen LogP contribution in [0.4, 0.5) is 0 Å². The number of nitrogens with zero attached hydrogens (tertiary/aromatic N) is 1. The van der Waals surface area contributed by atoms with Crippen LogP contribution in [0.25, 0.3) is 0 Å². The molecule has 0 heterocycles. The first kappa shape index (κ1) is 14.0. The summed E-state index contributed by atoms with van der Waals surface area (Å²) in [6.45, 7) is 3.63. The van der Waals surface area contributed by atoms with E-state index in [0.29, 0.717) is 17.0 Å². The molecular weight excluding hydrogens is 260 g/mol. The number of rotatable bonds is 5. The molecule has 1 aromatic carbocycles. The highest BCUT2D eigenvalue weighted by Crippen LogP contribution is 2.33.